The SMILES string of the molecule is [2H]/C(=C\C([2H])([2H])N(C)C([2H])([2H])[2H])C(=O)Cc1cc2c(Nc3ccc(OCc4ccccn4)c(Cl)c3)c(C#N)cnc2cc1OC([2H])([2H])C([2H])([2H])[2H]. The van der Waals surface area contributed by atoms with Crippen molar-refractivity contribution in [3.63, 3.8) is 0 Å². The molecule has 1 N–H and O–H groups in total. The largest absolute Gasteiger partial charge is 0.494 e. The van der Waals surface area contributed by atoms with E-state index in [4.69, 9.17) is 36.2 Å². The maximum absolute atomic E-state index is 13.3. The van der Waals surface area contributed by atoms with E-state index in [1.807, 2.05) is 12.1 Å². The fraction of sp³-hybridized carbons (Fsp3) is 0.226. The van der Waals surface area contributed by atoms with Crippen molar-refractivity contribution in [1.82, 2.24) is 14.9 Å². The van der Waals surface area contributed by atoms with Gasteiger partial charge in [0.15, 0.2) is 5.78 Å². The summed E-state index contributed by atoms with van der Waals surface area (Å²) in [7, 11) is 0.956. The number of aromatic nitrogens is 2. The number of halogens is 1. The van der Waals surface area contributed by atoms with Crippen molar-refractivity contribution >= 4 is 39.7 Å². The van der Waals surface area contributed by atoms with E-state index in [0.717, 1.165) is 7.05 Å². The number of hydrogen-bond acceptors (Lipinski definition) is 8. The van der Waals surface area contributed by atoms with Gasteiger partial charge in [0.2, 0.25) is 0 Å². The van der Waals surface area contributed by atoms with E-state index in [2.05, 4.69) is 15.3 Å². The average molecular weight is 567 g/mol. The van der Waals surface area contributed by atoms with Gasteiger partial charge in [-0.25, -0.2) is 0 Å². The number of nitrogens with one attached hydrogen (secondary N) is 1. The minimum absolute atomic E-state index is 0.0415. The number of nitriles is 1. The minimum atomic E-state index is -3.27. The Morgan fingerprint density at radius 2 is 2.15 bits per heavy atom. The van der Waals surface area contributed by atoms with E-state index in [-0.39, 0.29) is 39.3 Å². The zero-order chi connectivity index (χ0) is 37.9. The van der Waals surface area contributed by atoms with Crippen LogP contribution in [0.5, 0.6) is 11.5 Å². The molecular formula is C31H30ClN5O3. The van der Waals surface area contributed by atoms with Crippen LogP contribution in [0, 0.1) is 11.3 Å². The van der Waals surface area contributed by atoms with E-state index in [1.54, 1.807) is 30.5 Å². The van der Waals surface area contributed by atoms with Gasteiger partial charge in [0.1, 0.15) is 24.2 Å². The molecule has 204 valence electrons. The standard InChI is InChI=1S/C31H30ClN5O3/c1-4-39-30-17-28-26(15-21(30)14-25(38)9-7-13-37(2)3)31(22(18-33)19-35-28)36-23-10-11-29(27(32)16-23)40-20-24-8-5-6-12-34-24/h5-12,15-17,19H,4,13-14,20H2,1-3H3,(H,35,36)/b9-7+/i1D3,2D3,4D2,9D,13D2. The summed E-state index contributed by atoms with van der Waals surface area (Å²) in [6, 6.07) is 13.7. The molecule has 9 heteroatoms. The Balaban J connectivity index is 1.77. The molecule has 2 heterocycles. The van der Waals surface area contributed by atoms with Crippen LogP contribution in [0.3, 0.4) is 0 Å². The van der Waals surface area contributed by atoms with Gasteiger partial charge in [0, 0.05) is 59.0 Å². The van der Waals surface area contributed by atoms with Gasteiger partial charge >= 0.3 is 0 Å². The molecule has 0 atom stereocenters. The number of fused-ring (bicyclic) bond motifs is 1. The van der Waals surface area contributed by atoms with Gasteiger partial charge in [-0.05, 0) is 63.3 Å². The summed E-state index contributed by atoms with van der Waals surface area (Å²) in [4.78, 5) is 22.1. The fourth-order valence-electron chi connectivity index (χ4n) is 3.68. The first-order valence-electron chi connectivity index (χ1n) is 17.2. The van der Waals surface area contributed by atoms with Crippen molar-refractivity contribution in [3.05, 3.63) is 94.9 Å². The van der Waals surface area contributed by atoms with Crippen molar-refractivity contribution in [2.75, 3.05) is 32.4 Å². The number of ketones is 1. The van der Waals surface area contributed by atoms with Crippen LogP contribution in [-0.2, 0) is 17.8 Å². The second-order valence-electron chi connectivity index (χ2n) is 8.30. The number of allylic oxidation sites excluding steroid dienone is 1. The van der Waals surface area contributed by atoms with Crippen molar-refractivity contribution in [2.24, 2.45) is 0 Å². The van der Waals surface area contributed by atoms with Crippen LogP contribution >= 0.6 is 11.6 Å². The summed E-state index contributed by atoms with van der Waals surface area (Å²) in [6.07, 6.45) is 2.62. The van der Waals surface area contributed by atoms with Crippen molar-refractivity contribution in [1.29, 1.82) is 5.26 Å². The van der Waals surface area contributed by atoms with Crippen LogP contribution in [0.2, 0.25) is 5.02 Å². The molecule has 0 fully saturated rings. The first-order valence-corrected chi connectivity index (χ1v) is 12.1. The highest BCUT2D eigenvalue weighted by molar-refractivity contribution is 6.32. The first kappa shape index (κ1) is 17.3. The summed E-state index contributed by atoms with van der Waals surface area (Å²) in [6.45, 7) is -12.0. The number of anilines is 2. The average Bonchev–Trinajstić information content (AvgIpc) is 3.03. The zero-order valence-electron chi connectivity index (χ0n) is 32.2. The van der Waals surface area contributed by atoms with Gasteiger partial charge in [0.05, 0.1) is 38.2 Å². The molecule has 2 aromatic carbocycles. The molecule has 0 saturated carbocycles. The van der Waals surface area contributed by atoms with Gasteiger partial charge in [-0.15, -0.1) is 0 Å². The molecule has 0 bridgehead atoms. The third-order valence-electron chi connectivity index (χ3n) is 5.48. The Labute approximate surface area is 254 Å². The maximum atomic E-state index is 13.3. The van der Waals surface area contributed by atoms with Crippen LogP contribution in [0.25, 0.3) is 10.9 Å². The number of rotatable bonds is 12. The summed E-state index contributed by atoms with van der Waals surface area (Å²) in [5.74, 6) is -1.11. The molecule has 0 unspecified atom stereocenters. The Bertz CT molecular complexity index is 2000. The second kappa shape index (κ2) is 13.6. The third-order valence-corrected chi connectivity index (χ3v) is 5.77. The molecule has 4 rings (SSSR count). The molecule has 0 saturated heterocycles. The molecule has 2 aromatic heterocycles. The molecule has 0 radical (unpaired) electrons. The Hall–Kier alpha value is -4.45. The van der Waals surface area contributed by atoms with Gasteiger partial charge in [0.25, 0.3) is 0 Å². The fourth-order valence-corrected chi connectivity index (χ4v) is 3.92. The lowest BCUT2D eigenvalue weighted by Crippen LogP contribution is -2.11. The number of carbonyl (C=O) groups excluding carboxylic acids is 1. The van der Waals surface area contributed by atoms with Crippen molar-refractivity contribution in [3.8, 4) is 17.6 Å². The van der Waals surface area contributed by atoms with Gasteiger partial charge < -0.3 is 19.7 Å². The van der Waals surface area contributed by atoms with E-state index in [1.165, 1.54) is 24.4 Å². The Morgan fingerprint density at radius 3 is 2.90 bits per heavy atom. The second-order valence-corrected chi connectivity index (χ2v) is 8.70. The van der Waals surface area contributed by atoms with E-state index < -0.39 is 50.9 Å². The summed E-state index contributed by atoms with van der Waals surface area (Å²) in [5.41, 5.74) is 1.26. The van der Waals surface area contributed by atoms with Gasteiger partial charge in [-0.2, -0.15) is 5.26 Å². The van der Waals surface area contributed by atoms with Crippen molar-refractivity contribution in [2.45, 2.75) is 19.9 Å². The predicted octanol–water partition coefficient (Wildman–Crippen LogP) is 6.11. The van der Waals surface area contributed by atoms with Crippen LogP contribution in [-0.4, -0.2) is 47.7 Å². The lowest BCUT2D eigenvalue weighted by Gasteiger charge is -2.16. The number of likely N-dealkylation sites (N-methyl/N-ethyl adjacent to an activating group) is 1. The Kier molecular flexibility index (Phi) is 5.86. The number of hydrogen-bond donors (Lipinski definition) is 1. The van der Waals surface area contributed by atoms with E-state index >= 15 is 0 Å². The third kappa shape index (κ3) is 7.35. The number of pyridine rings is 2. The Morgan fingerprint density at radius 1 is 1.25 bits per heavy atom. The van der Waals surface area contributed by atoms with Gasteiger partial charge in [-0.1, -0.05) is 23.7 Å². The molecule has 4 aromatic rings. The molecule has 0 aliphatic heterocycles. The molecule has 8 nitrogen and oxygen atoms in total. The lowest BCUT2D eigenvalue weighted by atomic mass is 10.0. The molecule has 40 heavy (non-hydrogen) atoms. The predicted molar refractivity (Wildman–Crippen MR) is 157 cm³/mol. The summed E-state index contributed by atoms with van der Waals surface area (Å²) in [5, 5.41) is 13.5. The molecule has 0 aliphatic carbocycles. The van der Waals surface area contributed by atoms with E-state index in [9.17, 15) is 10.1 Å². The lowest BCUT2D eigenvalue weighted by molar-refractivity contribution is -0.114. The highest BCUT2D eigenvalue weighted by Crippen LogP contribution is 2.36. The molecule has 0 amide bonds. The zero-order valence-corrected chi connectivity index (χ0v) is 21.9. The molecular weight excluding hydrogens is 526 g/mol. The normalized spacial score (nSPS) is 16.8. The van der Waals surface area contributed by atoms with E-state index in [0.29, 0.717) is 28.1 Å². The minimum Gasteiger partial charge on any atom is -0.494 e. The van der Waals surface area contributed by atoms with Crippen LogP contribution in [0.4, 0.5) is 11.4 Å². The van der Waals surface area contributed by atoms with Crippen LogP contribution in [0.15, 0.2) is 73.1 Å². The highest BCUT2D eigenvalue weighted by atomic mass is 35.5. The molecule has 0 spiro atoms. The monoisotopic (exact) mass is 566 g/mol. The molecule has 0 aliphatic rings. The van der Waals surface area contributed by atoms with Crippen LogP contribution in [0.1, 0.15) is 38.8 Å². The quantitative estimate of drug-likeness (QED) is 0.205. The number of ether oxygens (including phenoxy) is 2. The smallest absolute Gasteiger partial charge is 0.159 e. The number of carbonyl (C=O) groups is 1. The van der Waals surface area contributed by atoms with Crippen LogP contribution < -0.4 is 14.8 Å². The van der Waals surface area contributed by atoms with Gasteiger partial charge in [-0.3, -0.25) is 14.8 Å². The number of nitrogens with zero attached hydrogens (tertiary/aromatic N) is 4. The first-order chi connectivity index (χ1) is 23.6. The number of benzene rings is 2. The highest BCUT2D eigenvalue weighted by Gasteiger charge is 2.16. The van der Waals surface area contributed by atoms with Crippen molar-refractivity contribution < 1.29 is 29.3 Å². The summed E-state index contributed by atoms with van der Waals surface area (Å²) >= 11 is 6.49. The summed E-state index contributed by atoms with van der Waals surface area (Å²) < 4.78 is 96.6. The maximum Gasteiger partial charge on any atom is 0.159 e. The topological polar surface area (TPSA) is 100 Å².